The lowest BCUT2D eigenvalue weighted by Gasteiger charge is -2.40. The standard InChI is InChI=1S/C26H20O/c1-13-10-17-12-15-5-3-7-20(15)25-22(17)23-18(13)9-8-16-11-14-4-2-6-19(14)24(21(16)23)26(25)27/h2-5,8-10,24-25H,6-7,11-12H2,1H3. The van der Waals surface area contributed by atoms with E-state index in [1.165, 1.54) is 60.9 Å². The van der Waals surface area contributed by atoms with Crippen LogP contribution in [-0.2, 0) is 17.6 Å². The van der Waals surface area contributed by atoms with E-state index < -0.39 is 0 Å². The van der Waals surface area contributed by atoms with Gasteiger partial charge in [-0.3, -0.25) is 4.79 Å². The van der Waals surface area contributed by atoms with Crippen LogP contribution in [0.2, 0.25) is 0 Å². The smallest absolute Gasteiger partial charge is 0.155 e. The Balaban J connectivity index is 1.66. The number of fused-ring (bicyclic) bond motifs is 2. The third kappa shape index (κ3) is 1.57. The van der Waals surface area contributed by atoms with E-state index in [4.69, 9.17) is 0 Å². The minimum Gasteiger partial charge on any atom is -0.298 e. The number of hydrogen-bond donors (Lipinski definition) is 0. The minimum atomic E-state index is -0.0259. The van der Waals surface area contributed by atoms with Gasteiger partial charge in [0.05, 0.1) is 11.8 Å². The van der Waals surface area contributed by atoms with Gasteiger partial charge in [-0.05, 0) is 93.5 Å². The Kier molecular flexibility index (Phi) is 2.45. The highest BCUT2D eigenvalue weighted by molar-refractivity contribution is 6.11. The molecule has 0 heterocycles. The molecule has 2 aromatic rings. The van der Waals surface area contributed by atoms with E-state index in [0.29, 0.717) is 5.78 Å². The van der Waals surface area contributed by atoms with Gasteiger partial charge in [0.25, 0.3) is 0 Å². The van der Waals surface area contributed by atoms with Gasteiger partial charge in [0.2, 0.25) is 0 Å². The van der Waals surface area contributed by atoms with E-state index >= 15 is 0 Å². The Hall–Kier alpha value is -2.67. The normalized spacial score (nSPS) is 26.3. The van der Waals surface area contributed by atoms with Crippen molar-refractivity contribution in [1.82, 2.24) is 0 Å². The highest BCUT2D eigenvalue weighted by Gasteiger charge is 2.46. The minimum absolute atomic E-state index is 0.0259. The Morgan fingerprint density at radius 2 is 1.48 bits per heavy atom. The first-order chi connectivity index (χ1) is 13.2. The van der Waals surface area contributed by atoms with Crippen LogP contribution in [0.5, 0.6) is 0 Å². The van der Waals surface area contributed by atoms with E-state index in [2.05, 4.69) is 49.4 Å². The predicted molar refractivity (Wildman–Crippen MR) is 108 cm³/mol. The topological polar surface area (TPSA) is 17.1 Å². The van der Waals surface area contributed by atoms with E-state index in [-0.39, 0.29) is 11.8 Å². The highest BCUT2D eigenvalue weighted by atomic mass is 16.1. The fourth-order valence-corrected chi connectivity index (χ4v) is 6.46. The number of benzene rings is 2. The third-order valence-corrected chi connectivity index (χ3v) is 7.51. The molecule has 27 heavy (non-hydrogen) atoms. The number of aryl methyl sites for hydroxylation is 1. The van der Waals surface area contributed by atoms with Gasteiger partial charge in [-0.1, -0.05) is 42.5 Å². The zero-order valence-corrected chi connectivity index (χ0v) is 15.4. The van der Waals surface area contributed by atoms with E-state index in [9.17, 15) is 4.79 Å². The summed E-state index contributed by atoms with van der Waals surface area (Å²) in [5.74, 6) is 0.386. The van der Waals surface area contributed by atoms with Gasteiger partial charge in [-0.25, -0.2) is 0 Å². The van der Waals surface area contributed by atoms with Gasteiger partial charge in [0, 0.05) is 0 Å². The molecule has 0 spiro atoms. The van der Waals surface area contributed by atoms with E-state index in [1.54, 1.807) is 0 Å². The average molecular weight is 348 g/mol. The maximum absolute atomic E-state index is 14.0. The van der Waals surface area contributed by atoms with Crippen molar-refractivity contribution in [2.75, 3.05) is 0 Å². The summed E-state index contributed by atoms with van der Waals surface area (Å²) in [4.78, 5) is 14.0. The molecule has 5 aliphatic carbocycles. The molecular formula is C26H20O. The van der Waals surface area contributed by atoms with Crippen LogP contribution in [0.1, 0.15) is 52.5 Å². The number of rotatable bonds is 0. The average Bonchev–Trinajstić information content (AvgIpc) is 3.31. The molecular weight excluding hydrogens is 328 g/mol. The van der Waals surface area contributed by atoms with Crippen molar-refractivity contribution in [3.05, 3.63) is 92.6 Å². The number of ketones is 1. The fourth-order valence-electron chi connectivity index (χ4n) is 6.46. The van der Waals surface area contributed by atoms with Gasteiger partial charge in [0.15, 0.2) is 5.78 Å². The second kappa shape index (κ2) is 4.59. The molecule has 0 N–H and O–H groups in total. The first kappa shape index (κ1) is 14.4. The van der Waals surface area contributed by atoms with E-state index in [0.717, 1.165) is 25.7 Å². The second-order valence-corrected chi connectivity index (χ2v) is 8.76. The fraction of sp³-hybridized carbons (Fsp3) is 0.269. The first-order valence-electron chi connectivity index (χ1n) is 10.1. The summed E-state index contributed by atoms with van der Waals surface area (Å²) in [6.45, 7) is 2.24. The number of carbonyl (C=O) groups is 1. The lowest BCUT2D eigenvalue weighted by atomic mass is 9.61. The molecule has 0 aromatic heterocycles. The Morgan fingerprint density at radius 1 is 0.852 bits per heavy atom. The maximum Gasteiger partial charge on any atom is 0.155 e. The van der Waals surface area contributed by atoms with Crippen LogP contribution in [0.4, 0.5) is 0 Å². The van der Waals surface area contributed by atoms with Crippen LogP contribution in [0, 0.1) is 6.92 Å². The number of Topliss-reactive ketones (excluding diaryl/α,β-unsaturated/α-hetero) is 1. The first-order valence-corrected chi connectivity index (χ1v) is 10.1. The molecule has 2 aromatic carbocycles. The van der Waals surface area contributed by atoms with Gasteiger partial charge in [-0.2, -0.15) is 0 Å². The molecule has 0 saturated heterocycles. The van der Waals surface area contributed by atoms with Gasteiger partial charge < -0.3 is 0 Å². The van der Waals surface area contributed by atoms with Crippen molar-refractivity contribution in [3.63, 3.8) is 0 Å². The molecule has 1 heteroatoms. The number of allylic oxidation sites excluding steroid dienone is 8. The van der Waals surface area contributed by atoms with Crippen molar-refractivity contribution in [2.45, 2.75) is 44.4 Å². The molecule has 0 radical (unpaired) electrons. The van der Waals surface area contributed by atoms with Crippen LogP contribution < -0.4 is 0 Å². The van der Waals surface area contributed by atoms with Crippen molar-refractivity contribution < 1.29 is 4.79 Å². The monoisotopic (exact) mass is 348 g/mol. The molecule has 1 nitrogen and oxygen atoms in total. The molecule has 130 valence electrons. The molecule has 0 saturated carbocycles. The Morgan fingerprint density at radius 3 is 2.19 bits per heavy atom. The molecule has 5 aliphatic rings. The van der Waals surface area contributed by atoms with Crippen molar-refractivity contribution in [2.24, 2.45) is 0 Å². The van der Waals surface area contributed by atoms with Crippen LogP contribution in [0.25, 0.3) is 10.8 Å². The molecule has 7 rings (SSSR count). The van der Waals surface area contributed by atoms with Crippen LogP contribution in [0.3, 0.4) is 0 Å². The number of carbonyl (C=O) groups excluding carboxylic acids is 1. The third-order valence-electron chi connectivity index (χ3n) is 7.51. The molecule has 2 atom stereocenters. The summed E-state index contributed by atoms with van der Waals surface area (Å²) in [7, 11) is 0. The highest BCUT2D eigenvalue weighted by Crippen LogP contribution is 2.56. The maximum atomic E-state index is 14.0. The molecule has 0 amide bonds. The summed E-state index contributed by atoms with van der Waals surface area (Å²) in [6, 6.07) is 6.96. The Bertz CT molecular complexity index is 1230. The van der Waals surface area contributed by atoms with E-state index in [1.807, 2.05) is 0 Å². The SMILES string of the molecule is Cc1cc2c3c4c5c(ccc14)CC1=C(CC=C1)C5C(=O)C3C1=C(C=CC1)C2. The quantitative estimate of drug-likeness (QED) is 0.612. The summed E-state index contributed by atoms with van der Waals surface area (Å²) >= 11 is 0. The molecule has 0 aliphatic heterocycles. The summed E-state index contributed by atoms with van der Waals surface area (Å²) in [5, 5.41) is 2.79. The lowest BCUT2D eigenvalue weighted by molar-refractivity contribution is -0.120. The molecule has 2 unspecified atom stereocenters. The zero-order valence-electron chi connectivity index (χ0n) is 15.4. The predicted octanol–water partition coefficient (Wildman–Crippen LogP) is 5.52. The van der Waals surface area contributed by atoms with Crippen LogP contribution >= 0.6 is 0 Å². The van der Waals surface area contributed by atoms with Crippen LogP contribution in [0.15, 0.2) is 64.8 Å². The van der Waals surface area contributed by atoms with Crippen molar-refractivity contribution in [1.29, 1.82) is 0 Å². The van der Waals surface area contributed by atoms with Gasteiger partial charge in [0.1, 0.15) is 0 Å². The zero-order chi connectivity index (χ0) is 17.9. The number of hydrogen-bond acceptors (Lipinski definition) is 1. The summed E-state index contributed by atoms with van der Waals surface area (Å²) < 4.78 is 0. The summed E-state index contributed by atoms with van der Waals surface area (Å²) in [5.41, 5.74) is 12.4. The Labute approximate surface area is 158 Å². The molecule has 0 bridgehead atoms. The lowest BCUT2D eigenvalue weighted by Crippen LogP contribution is -2.33. The molecule has 0 fully saturated rings. The van der Waals surface area contributed by atoms with Crippen LogP contribution in [-0.4, -0.2) is 5.78 Å². The second-order valence-electron chi connectivity index (χ2n) is 8.76. The van der Waals surface area contributed by atoms with Gasteiger partial charge >= 0.3 is 0 Å². The van der Waals surface area contributed by atoms with Crippen molar-refractivity contribution >= 4 is 16.6 Å². The van der Waals surface area contributed by atoms with Gasteiger partial charge in [-0.15, -0.1) is 0 Å². The largest absolute Gasteiger partial charge is 0.298 e. The van der Waals surface area contributed by atoms with Crippen molar-refractivity contribution in [3.8, 4) is 0 Å². The summed E-state index contributed by atoms with van der Waals surface area (Å²) in [6.07, 6.45) is 12.9.